The summed E-state index contributed by atoms with van der Waals surface area (Å²) in [7, 11) is 0. The minimum absolute atomic E-state index is 0.121. The fourth-order valence-electron chi connectivity index (χ4n) is 5.71. The van der Waals surface area contributed by atoms with Crippen molar-refractivity contribution in [1.29, 1.82) is 0 Å². The van der Waals surface area contributed by atoms with Crippen molar-refractivity contribution < 1.29 is 4.79 Å². The van der Waals surface area contributed by atoms with E-state index in [2.05, 4.69) is 15.8 Å². The number of carbonyl (C=O) groups excluding carboxylic acids is 1. The third kappa shape index (κ3) is 2.78. The molecule has 1 heterocycles. The summed E-state index contributed by atoms with van der Waals surface area (Å²) in [5, 5.41) is 5.65. The molecular weight excluding hydrogens is 294 g/mol. The Morgan fingerprint density at radius 3 is 2.23 bits per heavy atom. The van der Waals surface area contributed by atoms with Gasteiger partial charge in [0, 0.05) is 13.1 Å². The zero-order valence-electron chi connectivity index (χ0n) is 13.3. The standard InChI is InChI=1S/C17H27N3OS/c21-15(18-16(22)19-20-5-1-2-6-20)17-9-12-3-4-13(10-17)8-14(7-12)11-17/h12-14H,1-11H2,(H2,18,19,21,22). The van der Waals surface area contributed by atoms with Gasteiger partial charge in [-0.3, -0.25) is 10.2 Å². The maximum atomic E-state index is 13.0. The van der Waals surface area contributed by atoms with Gasteiger partial charge in [0.1, 0.15) is 0 Å². The molecule has 4 bridgehead atoms. The number of thiocarbonyl (C=S) groups is 1. The van der Waals surface area contributed by atoms with E-state index in [0.717, 1.165) is 50.1 Å². The van der Waals surface area contributed by atoms with E-state index in [4.69, 9.17) is 12.2 Å². The predicted molar refractivity (Wildman–Crippen MR) is 89.9 cm³/mol. The molecule has 5 fully saturated rings. The van der Waals surface area contributed by atoms with Gasteiger partial charge in [0.05, 0.1) is 5.41 Å². The molecule has 0 aromatic rings. The van der Waals surface area contributed by atoms with Gasteiger partial charge < -0.3 is 5.32 Å². The third-order valence-electron chi connectivity index (χ3n) is 6.43. The van der Waals surface area contributed by atoms with Gasteiger partial charge in [0.2, 0.25) is 5.91 Å². The molecule has 4 aliphatic carbocycles. The quantitative estimate of drug-likeness (QED) is 0.767. The van der Waals surface area contributed by atoms with Crippen molar-refractivity contribution in [1.82, 2.24) is 15.8 Å². The van der Waals surface area contributed by atoms with Gasteiger partial charge in [0.25, 0.3) is 0 Å². The van der Waals surface area contributed by atoms with Gasteiger partial charge in [-0.05, 0) is 74.9 Å². The van der Waals surface area contributed by atoms with E-state index in [1.807, 2.05) is 0 Å². The molecule has 5 heteroatoms. The summed E-state index contributed by atoms with van der Waals surface area (Å²) >= 11 is 5.37. The molecule has 122 valence electrons. The molecule has 1 amide bonds. The molecule has 2 atom stereocenters. The Bertz CT molecular complexity index is 459. The summed E-state index contributed by atoms with van der Waals surface area (Å²) in [6, 6.07) is 0. The number of carbonyl (C=O) groups is 1. The smallest absolute Gasteiger partial charge is 0.232 e. The molecule has 0 spiro atoms. The molecule has 4 nitrogen and oxygen atoms in total. The number of hydrazine groups is 1. The molecule has 5 aliphatic rings. The Morgan fingerprint density at radius 1 is 1.00 bits per heavy atom. The Labute approximate surface area is 138 Å². The second-order valence-corrected chi connectivity index (χ2v) is 8.54. The molecule has 1 aliphatic heterocycles. The van der Waals surface area contributed by atoms with Crippen molar-refractivity contribution in [2.24, 2.45) is 23.2 Å². The topological polar surface area (TPSA) is 44.4 Å². The average molecular weight is 321 g/mol. The first kappa shape index (κ1) is 14.9. The lowest BCUT2D eigenvalue weighted by Crippen LogP contribution is -2.54. The van der Waals surface area contributed by atoms with Crippen molar-refractivity contribution in [3.8, 4) is 0 Å². The van der Waals surface area contributed by atoms with E-state index in [-0.39, 0.29) is 11.3 Å². The van der Waals surface area contributed by atoms with Crippen molar-refractivity contribution in [3.63, 3.8) is 0 Å². The van der Waals surface area contributed by atoms with E-state index >= 15 is 0 Å². The van der Waals surface area contributed by atoms with Crippen LogP contribution in [-0.2, 0) is 4.79 Å². The summed E-state index contributed by atoms with van der Waals surface area (Å²) in [5.74, 6) is 2.53. The molecular formula is C17H27N3OS. The van der Waals surface area contributed by atoms with Crippen LogP contribution in [0, 0.1) is 23.2 Å². The summed E-state index contributed by atoms with van der Waals surface area (Å²) < 4.78 is 0. The van der Waals surface area contributed by atoms with Crippen molar-refractivity contribution in [3.05, 3.63) is 0 Å². The van der Waals surface area contributed by atoms with Crippen LogP contribution < -0.4 is 10.7 Å². The predicted octanol–water partition coefficient (Wildman–Crippen LogP) is 2.59. The number of amides is 1. The van der Waals surface area contributed by atoms with Crippen LogP contribution >= 0.6 is 12.2 Å². The first-order valence-electron chi connectivity index (χ1n) is 9.00. The van der Waals surface area contributed by atoms with Gasteiger partial charge in [0.15, 0.2) is 5.11 Å². The maximum absolute atomic E-state index is 13.0. The fraction of sp³-hybridized carbons (Fsp3) is 0.882. The SMILES string of the molecule is O=C(NC(=S)NN1CCCC1)C12CC3CCC(CC(C3)C1)C2. The molecule has 2 N–H and O–H groups in total. The molecule has 4 saturated carbocycles. The molecule has 22 heavy (non-hydrogen) atoms. The first-order chi connectivity index (χ1) is 10.6. The molecule has 1 saturated heterocycles. The molecule has 0 aromatic heterocycles. The number of hydrogen-bond acceptors (Lipinski definition) is 3. The number of nitrogens with zero attached hydrogens (tertiary/aromatic N) is 1. The van der Waals surface area contributed by atoms with Crippen LogP contribution in [0.1, 0.15) is 57.8 Å². The Morgan fingerprint density at radius 2 is 1.59 bits per heavy atom. The highest BCUT2D eigenvalue weighted by molar-refractivity contribution is 7.80. The second kappa shape index (κ2) is 5.75. The highest BCUT2D eigenvalue weighted by Gasteiger charge is 2.52. The molecule has 0 radical (unpaired) electrons. The minimum atomic E-state index is -0.121. The largest absolute Gasteiger partial charge is 0.302 e. The van der Waals surface area contributed by atoms with E-state index in [9.17, 15) is 4.79 Å². The van der Waals surface area contributed by atoms with E-state index in [0.29, 0.717) is 5.11 Å². The summed E-state index contributed by atoms with van der Waals surface area (Å²) in [4.78, 5) is 13.0. The number of nitrogens with one attached hydrogen (secondary N) is 2. The van der Waals surface area contributed by atoms with Crippen molar-refractivity contribution >= 4 is 23.2 Å². The normalized spacial score (nSPS) is 40.5. The second-order valence-electron chi connectivity index (χ2n) is 8.13. The lowest BCUT2D eigenvalue weighted by atomic mass is 9.58. The Hall–Kier alpha value is -0.680. The number of fused-ring (bicyclic) bond motifs is 1. The lowest BCUT2D eigenvalue weighted by molar-refractivity contribution is -0.137. The first-order valence-corrected chi connectivity index (χ1v) is 9.41. The van der Waals surface area contributed by atoms with Crippen LogP contribution in [-0.4, -0.2) is 29.1 Å². The van der Waals surface area contributed by atoms with Crippen molar-refractivity contribution in [2.45, 2.75) is 57.8 Å². The van der Waals surface area contributed by atoms with Crippen LogP contribution in [0.2, 0.25) is 0 Å². The molecule has 2 unspecified atom stereocenters. The zero-order valence-corrected chi connectivity index (χ0v) is 14.1. The van der Waals surface area contributed by atoms with Crippen LogP contribution in [0.4, 0.5) is 0 Å². The van der Waals surface area contributed by atoms with Crippen LogP contribution in [0.3, 0.4) is 0 Å². The number of hydrogen-bond donors (Lipinski definition) is 2. The summed E-state index contributed by atoms with van der Waals surface area (Å²) in [6.45, 7) is 2.04. The van der Waals surface area contributed by atoms with Gasteiger partial charge in [-0.2, -0.15) is 0 Å². The monoisotopic (exact) mass is 321 g/mol. The van der Waals surface area contributed by atoms with E-state index in [1.54, 1.807) is 0 Å². The van der Waals surface area contributed by atoms with Gasteiger partial charge in [-0.15, -0.1) is 0 Å². The average Bonchev–Trinajstić information content (AvgIpc) is 2.88. The summed E-state index contributed by atoms with van der Waals surface area (Å²) in [5.41, 5.74) is 3.07. The molecule has 0 aromatic carbocycles. The van der Waals surface area contributed by atoms with Crippen LogP contribution in [0.15, 0.2) is 0 Å². The maximum Gasteiger partial charge on any atom is 0.232 e. The van der Waals surface area contributed by atoms with Gasteiger partial charge in [-0.25, -0.2) is 5.01 Å². The third-order valence-corrected chi connectivity index (χ3v) is 6.62. The highest BCUT2D eigenvalue weighted by Crippen LogP contribution is 2.57. The van der Waals surface area contributed by atoms with Gasteiger partial charge >= 0.3 is 0 Å². The number of rotatable bonds is 2. The lowest BCUT2D eigenvalue weighted by Gasteiger charge is -2.47. The minimum Gasteiger partial charge on any atom is -0.302 e. The fourth-order valence-corrected chi connectivity index (χ4v) is 5.93. The van der Waals surface area contributed by atoms with E-state index < -0.39 is 0 Å². The van der Waals surface area contributed by atoms with Crippen LogP contribution in [0.5, 0.6) is 0 Å². The van der Waals surface area contributed by atoms with Crippen molar-refractivity contribution in [2.75, 3.05) is 13.1 Å². The Kier molecular flexibility index (Phi) is 3.89. The van der Waals surface area contributed by atoms with Gasteiger partial charge in [-0.1, -0.05) is 12.8 Å². The highest BCUT2D eigenvalue weighted by atomic mass is 32.1. The van der Waals surface area contributed by atoms with Crippen LogP contribution in [0.25, 0.3) is 0 Å². The molecule has 5 rings (SSSR count). The zero-order chi connectivity index (χ0) is 15.2. The summed E-state index contributed by atoms with van der Waals surface area (Å²) in [6.07, 6.45) is 11.1. The van der Waals surface area contributed by atoms with E-state index in [1.165, 1.54) is 38.5 Å². The Balaban J connectivity index is 1.42.